The van der Waals surface area contributed by atoms with Gasteiger partial charge >= 0.3 is 0 Å². The summed E-state index contributed by atoms with van der Waals surface area (Å²) in [5, 5.41) is 4.21. The molecule has 0 bridgehead atoms. The van der Waals surface area contributed by atoms with Crippen LogP contribution in [0.3, 0.4) is 0 Å². The molecule has 0 N–H and O–H groups in total. The number of carbonyl (C=O) groups excluding carboxylic acids is 1. The SMILES string of the molecule is COCCn1ncc(Br)c1C(=O)CCC1CCCCO1. The van der Waals surface area contributed by atoms with Crippen LogP contribution >= 0.6 is 15.9 Å². The van der Waals surface area contributed by atoms with Gasteiger partial charge in [-0.05, 0) is 41.6 Å². The third-order valence-corrected chi connectivity index (χ3v) is 4.11. The van der Waals surface area contributed by atoms with Gasteiger partial charge in [-0.15, -0.1) is 0 Å². The zero-order chi connectivity index (χ0) is 14.4. The van der Waals surface area contributed by atoms with Crippen LogP contribution in [0.2, 0.25) is 0 Å². The summed E-state index contributed by atoms with van der Waals surface area (Å²) in [5.74, 6) is 0.111. The maximum atomic E-state index is 12.4. The highest BCUT2D eigenvalue weighted by atomic mass is 79.9. The van der Waals surface area contributed by atoms with Gasteiger partial charge in [-0.2, -0.15) is 5.10 Å². The highest BCUT2D eigenvalue weighted by Crippen LogP contribution is 2.21. The topological polar surface area (TPSA) is 53.4 Å². The minimum Gasteiger partial charge on any atom is -0.383 e. The van der Waals surface area contributed by atoms with E-state index in [4.69, 9.17) is 9.47 Å². The Bertz CT molecular complexity index is 442. The van der Waals surface area contributed by atoms with Crippen molar-refractivity contribution in [2.75, 3.05) is 20.3 Å². The summed E-state index contributed by atoms with van der Waals surface area (Å²) in [6.07, 6.45) is 6.61. The first kappa shape index (κ1) is 15.7. The highest BCUT2D eigenvalue weighted by molar-refractivity contribution is 9.10. The number of carbonyl (C=O) groups is 1. The van der Waals surface area contributed by atoms with Crippen molar-refractivity contribution < 1.29 is 14.3 Å². The molecule has 0 saturated carbocycles. The van der Waals surface area contributed by atoms with Gasteiger partial charge in [0.25, 0.3) is 0 Å². The fourth-order valence-electron chi connectivity index (χ4n) is 2.43. The van der Waals surface area contributed by atoms with E-state index in [1.807, 2.05) is 0 Å². The number of hydrogen-bond acceptors (Lipinski definition) is 4. The van der Waals surface area contributed by atoms with E-state index in [-0.39, 0.29) is 11.9 Å². The van der Waals surface area contributed by atoms with Gasteiger partial charge in [-0.1, -0.05) is 0 Å². The number of ether oxygens (including phenoxy) is 2. The Morgan fingerprint density at radius 1 is 1.60 bits per heavy atom. The van der Waals surface area contributed by atoms with Crippen molar-refractivity contribution in [2.45, 2.75) is 44.8 Å². The lowest BCUT2D eigenvalue weighted by Gasteiger charge is -2.22. The van der Waals surface area contributed by atoms with Crippen molar-refractivity contribution in [3.63, 3.8) is 0 Å². The van der Waals surface area contributed by atoms with E-state index in [1.54, 1.807) is 18.0 Å². The number of rotatable bonds is 7. The molecule has 1 atom stereocenters. The average Bonchev–Trinajstić information content (AvgIpc) is 2.84. The molecule has 0 amide bonds. The quantitative estimate of drug-likeness (QED) is 0.713. The Labute approximate surface area is 127 Å². The van der Waals surface area contributed by atoms with E-state index in [0.29, 0.717) is 25.3 Å². The fraction of sp³-hybridized carbons (Fsp3) is 0.714. The Morgan fingerprint density at radius 2 is 2.45 bits per heavy atom. The predicted molar refractivity (Wildman–Crippen MR) is 79.0 cm³/mol. The van der Waals surface area contributed by atoms with Crippen molar-refractivity contribution >= 4 is 21.7 Å². The van der Waals surface area contributed by atoms with Crippen LogP contribution in [0.1, 0.15) is 42.6 Å². The van der Waals surface area contributed by atoms with Gasteiger partial charge in [0.15, 0.2) is 5.78 Å². The van der Waals surface area contributed by atoms with Crippen molar-refractivity contribution in [2.24, 2.45) is 0 Å². The Balaban J connectivity index is 1.92. The molecule has 20 heavy (non-hydrogen) atoms. The predicted octanol–water partition coefficient (Wildman–Crippen LogP) is 2.82. The summed E-state index contributed by atoms with van der Waals surface area (Å²) in [6, 6.07) is 0. The third kappa shape index (κ3) is 4.14. The number of halogens is 1. The number of hydrogen-bond donors (Lipinski definition) is 0. The maximum absolute atomic E-state index is 12.4. The molecule has 0 radical (unpaired) electrons. The second-order valence-corrected chi connectivity index (χ2v) is 5.86. The second kappa shape index (κ2) is 7.90. The Hall–Kier alpha value is -0.720. The molecule has 2 rings (SSSR count). The smallest absolute Gasteiger partial charge is 0.182 e. The summed E-state index contributed by atoms with van der Waals surface area (Å²) in [7, 11) is 1.64. The van der Waals surface area contributed by atoms with Crippen molar-refractivity contribution in [3.05, 3.63) is 16.4 Å². The van der Waals surface area contributed by atoms with E-state index in [9.17, 15) is 4.79 Å². The average molecular weight is 345 g/mol. The van der Waals surface area contributed by atoms with Crippen molar-refractivity contribution in [1.29, 1.82) is 0 Å². The first-order valence-electron chi connectivity index (χ1n) is 7.07. The molecule has 1 unspecified atom stereocenters. The van der Waals surface area contributed by atoms with E-state index >= 15 is 0 Å². The van der Waals surface area contributed by atoms with Gasteiger partial charge in [-0.3, -0.25) is 9.48 Å². The molecule has 0 spiro atoms. The largest absolute Gasteiger partial charge is 0.383 e. The minimum atomic E-state index is 0.111. The molecule has 5 nitrogen and oxygen atoms in total. The number of Topliss-reactive ketones (excluding diaryl/α,β-unsaturated/α-hetero) is 1. The molecular weight excluding hydrogens is 324 g/mol. The third-order valence-electron chi connectivity index (χ3n) is 3.53. The van der Waals surface area contributed by atoms with Crippen LogP contribution in [0.4, 0.5) is 0 Å². The Kier molecular flexibility index (Phi) is 6.19. The zero-order valence-corrected chi connectivity index (χ0v) is 13.4. The summed E-state index contributed by atoms with van der Waals surface area (Å²) < 4.78 is 13.2. The van der Waals surface area contributed by atoms with Gasteiger partial charge in [0.1, 0.15) is 5.69 Å². The highest BCUT2D eigenvalue weighted by Gasteiger charge is 2.20. The molecule has 0 aromatic carbocycles. The van der Waals surface area contributed by atoms with Crippen molar-refractivity contribution in [3.8, 4) is 0 Å². The maximum Gasteiger partial charge on any atom is 0.182 e. The summed E-state index contributed by atoms with van der Waals surface area (Å²) in [4.78, 5) is 12.4. The Morgan fingerprint density at radius 3 is 3.15 bits per heavy atom. The van der Waals surface area contributed by atoms with E-state index in [1.165, 1.54) is 6.42 Å². The van der Waals surface area contributed by atoms with Crippen LogP contribution < -0.4 is 0 Å². The number of nitrogens with zero attached hydrogens (tertiary/aromatic N) is 2. The van der Waals surface area contributed by atoms with Gasteiger partial charge in [-0.25, -0.2) is 0 Å². The van der Waals surface area contributed by atoms with E-state index in [2.05, 4.69) is 21.0 Å². The normalized spacial score (nSPS) is 19.2. The molecule has 1 aromatic heterocycles. The van der Waals surface area contributed by atoms with Crippen LogP contribution in [-0.2, 0) is 16.0 Å². The lowest BCUT2D eigenvalue weighted by Crippen LogP contribution is -2.21. The molecule has 0 aliphatic carbocycles. The molecule has 1 aromatic rings. The molecule has 2 heterocycles. The molecule has 1 saturated heterocycles. The lowest BCUT2D eigenvalue weighted by molar-refractivity contribution is 0.0104. The molecule has 112 valence electrons. The summed E-state index contributed by atoms with van der Waals surface area (Å²) >= 11 is 3.40. The minimum absolute atomic E-state index is 0.111. The number of aromatic nitrogens is 2. The van der Waals surface area contributed by atoms with E-state index in [0.717, 1.165) is 30.3 Å². The van der Waals surface area contributed by atoms with Gasteiger partial charge in [0.2, 0.25) is 0 Å². The first-order valence-corrected chi connectivity index (χ1v) is 7.86. The summed E-state index contributed by atoms with van der Waals surface area (Å²) in [5.41, 5.74) is 0.637. The van der Waals surface area contributed by atoms with Gasteiger partial charge in [0, 0.05) is 20.1 Å². The summed E-state index contributed by atoms with van der Waals surface area (Å²) in [6.45, 7) is 1.96. The van der Waals surface area contributed by atoms with Crippen LogP contribution in [-0.4, -0.2) is 42.0 Å². The zero-order valence-electron chi connectivity index (χ0n) is 11.8. The molecule has 1 aliphatic rings. The number of ketones is 1. The van der Waals surface area contributed by atoms with Gasteiger partial charge < -0.3 is 9.47 Å². The first-order chi connectivity index (χ1) is 9.72. The molecule has 1 fully saturated rings. The standard InChI is InChI=1S/C14H21BrN2O3/c1-19-9-7-17-14(12(15)10-16-17)13(18)6-5-11-4-2-3-8-20-11/h10-11H,2-9H2,1H3. The second-order valence-electron chi connectivity index (χ2n) is 5.01. The molecular formula is C14H21BrN2O3. The lowest BCUT2D eigenvalue weighted by atomic mass is 10.0. The monoisotopic (exact) mass is 344 g/mol. The van der Waals surface area contributed by atoms with Crippen LogP contribution in [0, 0.1) is 0 Å². The van der Waals surface area contributed by atoms with Crippen LogP contribution in [0.5, 0.6) is 0 Å². The van der Waals surface area contributed by atoms with Gasteiger partial charge in [0.05, 0.1) is 29.9 Å². The van der Waals surface area contributed by atoms with E-state index < -0.39 is 0 Å². The van der Waals surface area contributed by atoms with Crippen LogP contribution in [0.15, 0.2) is 10.7 Å². The molecule has 1 aliphatic heterocycles. The van der Waals surface area contributed by atoms with Crippen LogP contribution in [0.25, 0.3) is 0 Å². The fourth-order valence-corrected chi connectivity index (χ4v) is 2.95. The molecule has 6 heteroatoms. The van der Waals surface area contributed by atoms with Crippen molar-refractivity contribution in [1.82, 2.24) is 9.78 Å². The number of methoxy groups -OCH3 is 1.